The summed E-state index contributed by atoms with van der Waals surface area (Å²) in [6, 6.07) is 6.80. The maximum atomic E-state index is 12.0. The fourth-order valence-electron chi connectivity index (χ4n) is 3.31. The number of ketones is 1. The van der Waals surface area contributed by atoms with Crippen LogP contribution < -0.4 is 0 Å². The van der Waals surface area contributed by atoms with Gasteiger partial charge in [-0.05, 0) is 55.2 Å². The Morgan fingerprint density at radius 2 is 1.65 bits per heavy atom. The summed E-state index contributed by atoms with van der Waals surface area (Å²) in [7, 11) is 0. The molecule has 0 aliphatic heterocycles. The van der Waals surface area contributed by atoms with Crippen LogP contribution in [-0.4, -0.2) is 5.78 Å². The number of aryl methyl sites for hydroxylation is 2. The van der Waals surface area contributed by atoms with E-state index >= 15 is 0 Å². The summed E-state index contributed by atoms with van der Waals surface area (Å²) in [4.78, 5) is 12.0. The molecule has 0 spiro atoms. The highest BCUT2D eigenvalue weighted by atomic mass is 16.1. The van der Waals surface area contributed by atoms with E-state index in [1.54, 1.807) is 0 Å². The molecule has 3 rings (SSSR count). The van der Waals surface area contributed by atoms with Crippen LogP contribution in [0.15, 0.2) is 18.2 Å². The number of fused-ring (bicyclic) bond motifs is 1. The van der Waals surface area contributed by atoms with Gasteiger partial charge in [0, 0.05) is 12.3 Å². The molecule has 0 aromatic heterocycles. The molecule has 0 saturated heterocycles. The smallest absolute Gasteiger partial charge is 0.140 e. The first-order valence-corrected chi connectivity index (χ1v) is 6.99. The van der Waals surface area contributed by atoms with E-state index in [-0.39, 0.29) is 5.92 Å². The molecule has 1 saturated carbocycles. The minimum atomic E-state index is 0.205. The number of rotatable bonds is 1. The molecule has 0 bridgehead atoms. The van der Waals surface area contributed by atoms with Gasteiger partial charge in [-0.2, -0.15) is 0 Å². The number of benzene rings is 1. The standard InChI is InChI=1S/C16H20O/c17-16-8-4-3-7-15(16)14-10-9-12-5-1-2-6-13(12)11-14/h9-11,15H,1-8H2. The van der Waals surface area contributed by atoms with E-state index in [0.29, 0.717) is 5.78 Å². The number of carbonyl (C=O) groups is 1. The molecule has 17 heavy (non-hydrogen) atoms. The molecular weight excluding hydrogens is 208 g/mol. The van der Waals surface area contributed by atoms with Crippen LogP contribution in [-0.2, 0) is 17.6 Å². The third-order valence-corrected chi connectivity index (χ3v) is 4.33. The van der Waals surface area contributed by atoms with Crippen LogP contribution in [0.25, 0.3) is 0 Å². The molecule has 1 aromatic rings. The maximum absolute atomic E-state index is 12.0. The topological polar surface area (TPSA) is 17.1 Å². The van der Waals surface area contributed by atoms with Crippen LogP contribution in [0.5, 0.6) is 0 Å². The Kier molecular flexibility index (Phi) is 3.00. The lowest BCUT2D eigenvalue weighted by Crippen LogP contribution is -2.17. The summed E-state index contributed by atoms with van der Waals surface area (Å²) >= 11 is 0. The van der Waals surface area contributed by atoms with Gasteiger partial charge in [-0.15, -0.1) is 0 Å². The molecule has 1 unspecified atom stereocenters. The van der Waals surface area contributed by atoms with Crippen molar-refractivity contribution >= 4 is 5.78 Å². The lowest BCUT2D eigenvalue weighted by molar-refractivity contribution is -0.121. The molecule has 0 amide bonds. The molecule has 2 aliphatic rings. The quantitative estimate of drug-likeness (QED) is 0.714. The second-order valence-corrected chi connectivity index (χ2v) is 5.50. The van der Waals surface area contributed by atoms with E-state index in [1.165, 1.54) is 48.8 Å². The lowest BCUT2D eigenvalue weighted by atomic mass is 9.80. The van der Waals surface area contributed by atoms with Gasteiger partial charge in [0.15, 0.2) is 0 Å². The monoisotopic (exact) mass is 228 g/mol. The highest BCUT2D eigenvalue weighted by Crippen LogP contribution is 2.32. The van der Waals surface area contributed by atoms with Crippen molar-refractivity contribution in [2.45, 2.75) is 57.3 Å². The van der Waals surface area contributed by atoms with Crippen molar-refractivity contribution in [2.75, 3.05) is 0 Å². The van der Waals surface area contributed by atoms with Crippen molar-refractivity contribution in [3.63, 3.8) is 0 Å². The molecule has 2 aliphatic carbocycles. The molecule has 1 atom stereocenters. The van der Waals surface area contributed by atoms with Crippen molar-refractivity contribution in [3.8, 4) is 0 Å². The number of carbonyl (C=O) groups excluding carboxylic acids is 1. The Morgan fingerprint density at radius 1 is 0.882 bits per heavy atom. The van der Waals surface area contributed by atoms with E-state index in [9.17, 15) is 4.79 Å². The summed E-state index contributed by atoms with van der Waals surface area (Å²) in [5.41, 5.74) is 4.31. The second kappa shape index (κ2) is 4.64. The Labute approximate surface area is 103 Å². The summed E-state index contributed by atoms with van der Waals surface area (Å²) in [6.45, 7) is 0. The zero-order valence-electron chi connectivity index (χ0n) is 10.4. The second-order valence-electron chi connectivity index (χ2n) is 5.50. The summed E-state index contributed by atoms with van der Waals surface area (Å²) in [5, 5.41) is 0. The van der Waals surface area contributed by atoms with E-state index < -0.39 is 0 Å². The third kappa shape index (κ3) is 2.15. The van der Waals surface area contributed by atoms with Crippen molar-refractivity contribution < 1.29 is 4.79 Å². The van der Waals surface area contributed by atoms with E-state index in [0.717, 1.165) is 19.3 Å². The average molecular weight is 228 g/mol. The highest BCUT2D eigenvalue weighted by molar-refractivity contribution is 5.86. The Hall–Kier alpha value is -1.11. The van der Waals surface area contributed by atoms with Crippen molar-refractivity contribution in [3.05, 3.63) is 34.9 Å². The van der Waals surface area contributed by atoms with Crippen LogP contribution in [0, 0.1) is 0 Å². The van der Waals surface area contributed by atoms with Crippen LogP contribution in [0.1, 0.15) is 61.1 Å². The first kappa shape index (κ1) is 11.0. The molecule has 0 N–H and O–H groups in total. The first-order valence-electron chi connectivity index (χ1n) is 6.99. The summed E-state index contributed by atoms with van der Waals surface area (Å²) in [5.74, 6) is 0.669. The van der Waals surface area contributed by atoms with E-state index in [2.05, 4.69) is 18.2 Å². The number of hydrogen-bond donors (Lipinski definition) is 0. The van der Waals surface area contributed by atoms with E-state index in [1.807, 2.05) is 0 Å². The third-order valence-electron chi connectivity index (χ3n) is 4.33. The van der Waals surface area contributed by atoms with Gasteiger partial charge in [-0.25, -0.2) is 0 Å². The van der Waals surface area contributed by atoms with Gasteiger partial charge < -0.3 is 0 Å². The molecule has 1 heteroatoms. The SMILES string of the molecule is O=C1CCCCC1c1ccc2c(c1)CCCC2. The Morgan fingerprint density at radius 3 is 2.47 bits per heavy atom. The molecule has 1 aromatic carbocycles. The van der Waals surface area contributed by atoms with Crippen LogP contribution in [0.4, 0.5) is 0 Å². The fourth-order valence-corrected chi connectivity index (χ4v) is 3.31. The normalized spacial score (nSPS) is 24.5. The van der Waals surface area contributed by atoms with Gasteiger partial charge >= 0.3 is 0 Å². The predicted molar refractivity (Wildman–Crippen MR) is 69.3 cm³/mol. The van der Waals surface area contributed by atoms with Crippen LogP contribution in [0.2, 0.25) is 0 Å². The Balaban J connectivity index is 1.89. The minimum absolute atomic E-state index is 0.205. The molecule has 0 heterocycles. The molecule has 90 valence electrons. The van der Waals surface area contributed by atoms with Gasteiger partial charge in [-0.3, -0.25) is 4.79 Å². The van der Waals surface area contributed by atoms with E-state index in [4.69, 9.17) is 0 Å². The molecule has 0 radical (unpaired) electrons. The number of Topliss-reactive ketones (excluding diaryl/α,β-unsaturated/α-hetero) is 1. The molecule has 1 nitrogen and oxygen atoms in total. The largest absolute Gasteiger partial charge is 0.299 e. The summed E-state index contributed by atoms with van der Waals surface area (Å²) in [6.07, 6.45) is 9.26. The van der Waals surface area contributed by atoms with Gasteiger partial charge in [0.25, 0.3) is 0 Å². The average Bonchev–Trinajstić information content (AvgIpc) is 2.39. The minimum Gasteiger partial charge on any atom is -0.299 e. The Bertz CT molecular complexity index is 433. The number of hydrogen-bond acceptors (Lipinski definition) is 1. The first-order chi connectivity index (χ1) is 8.34. The van der Waals surface area contributed by atoms with Crippen molar-refractivity contribution in [2.24, 2.45) is 0 Å². The fraction of sp³-hybridized carbons (Fsp3) is 0.562. The van der Waals surface area contributed by atoms with Crippen LogP contribution >= 0.6 is 0 Å². The van der Waals surface area contributed by atoms with Gasteiger partial charge in [-0.1, -0.05) is 24.6 Å². The van der Waals surface area contributed by atoms with Gasteiger partial charge in [0.05, 0.1) is 0 Å². The van der Waals surface area contributed by atoms with Gasteiger partial charge in [0.2, 0.25) is 0 Å². The zero-order chi connectivity index (χ0) is 11.7. The van der Waals surface area contributed by atoms with Crippen molar-refractivity contribution in [1.82, 2.24) is 0 Å². The highest BCUT2D eigenvalue weighted by Gasteiger charge is 2.24. The predicted octanol–water partition coefficient (Wildman–Crippen LogP) is 3.79. The molecular formula is C16H20O. The lowest BCUT2D eigenvalue weighted by Gasteiger charge is -2.23. The molecule has 1 fully saturated rings. The van der Waals surface area contributed by atoms with Gasteiger partial charge in [0.1, 0.15) is 5.78 Å². The van der Waals surface area contributed by atoms with Crippen LogP contribution in [0.3, 0.4) is 0 Å². The van der Waals surface area contributed by atoms with Crippen molar-refractivity contribution in [1.29, 1.82) is 0 Å². The summed E-state index contributed by atoms with van der Waals surface area (Å²) < 4.78 is 0. The zero-order valence-corrected chi connectivity index (χ0v) is 10.4. The maximum Gasteiger partial charge on any atom is 0.140 e.